The number of fused-ring (bicyclic) bond motifs is 1. The average molecular weight is 396 g/mol. The maximum Gasteiger partial charge on any atom is 0.241 e. The third kappa shape index (κ3) is 4.17. The van der Waals surface area contributed by atoms with Gasteiger partial charge in [-0.25, -0.2) is 17.8 Å². The van der Waals surface area contributed by atoms with Crippen molar-refractivity contribution >= 4 is 54.2 Å². The van der Waals surface area contributed by atoms with E-state index in [2.05, 4.69) is 10.3 Å². The lowest BCUT2D eigenvalue weighted by Gasteiger charge is -2.04. The molecule has 0 radical (unpaired) electrons. The van der Waals surface area contributed by atoms with E-state index in [9.17, 15) is 17.6 Å². The van der Waals surface area contributed by atoms with Crippen molar-refractivity contribution in [1.29, 1.82) is 0 Å². The summed E-state index contributed by atoms with van der Waals surface area (Å²) in [5, 5.41) is 2.85. The second-order valence-corrected chi connectivity index (χ2v) is 9.01. The summed E-state index contributed by atoms with van der Waals surface area (Å²) in [4.78, 5) is 17.3. The number of carbonyl (C=O) groups is 1. The number of nitrogens with one attached hydrogen (secondary N) is 1. The van der Waals surface area contributed by atoms with Gasteiger partial charge in [0.2, 0.25) is 5.91 Å². The Bertz CT molecular complexity index is 1030. The first-order chi connectivity index (χ1) is 11.9. The number of hydrogen-bond acceptors (Lipinski definition) is 6. The molecule has 1 aromatic heterocycles. The van der Waals surface area contributed by atoms with E-state index in [-0.39, 0.29) is 4.90 Å². The molecule has 0 saturated heterocycles. The van der Waals surface area contributed by atoms with Crippen molar-refractivity contribution in [2.75, 3.05) is 17.3 Å². The lowest BCUT2D eigenvalue weighted by molar-refractivity contribution is -0.113. The predicted octanol–water partition coefficient (Wildman–Crippen LogP) is 3.57. The minimum Gasteiger partial charge on any atom is -0.301 e. The normalized spacial score (nSPS) is 11.6. The first kappa shape index (κ1) is 17.8. The van der Waals surface area contributed by atoms with Crippen LogP contribution in [-0.2, 0) is 14.6 Å². The molecule has 9 heteroatoms. The van der Waals surface area contributed by atoms with Crippen LogP contribution in [-0.4, -0.2) is 31.3 Å². The Hall–Kier alpha value is -1.97. The lowest BCUT2D eigenvalue weighted by Crippen LogP contribution is -2.22. The first-order valence-corrected chi connectivity index (χ1v) is 10.8. The number of sulfone groups is 1. The van der Waals surface area contributed by atoms with Crippen LogP contribution in [0.5, 0.6) is 0 Å². The fourth-order valence-electron chi connectivity index (χ4n) is 2.14. The standard InChI is InChI=1S/C16H13FN2O3S3/c1-23-11-4-7-13-14(8-11)24-16(18-13)19-15(20)9-25(21,22)12-5-2-10(17)3-6-12/h2-8H,9H2,1H3,(H,18,19,20). The van der Waals surface area contributed by atoms with Crippen LogP contribution in [0.3, 0.4) is 0 Å². The molecule has 0 fully saturated rings. The summed E-state index contributed by atoms with van der Waals surface area (Å²) < 4.78 is 38.2. The molecule has 1 amide bonds. The fourth-order valence-corrected chi connectivity index (χ4v) is 4.71. The molecule has 0 spiro atoms. The van der Waals surface area contributed by atoms with E-state index in [0.29, 0.717) is 5.13 Å². The zero-order valence-electron chi connectivity index (χ0n) is 13.0. The lowest BCUT2D eigenvalue weighted by atomic mass is 10.3. The molecule has 1 N–H and O–H groups in total. The molecule has 0 aliphatic rings. The Morgan fingerprint density at radius 2 is 1.96 bits per heavy atom. The highest BCUT2D eigenvalue weighted by molar-refractivity contribution is 7.98. The van der Waals surface area contributed by atoms with Crippen LogP contribution in [0, 0.1) is 5.82 Å². The molecule has 0 aliphatic carbocycles. The summed E-state index contributed by atoms with van der Waals surface area (Å²) in [6.07, 6.45) is 1.96. The average Bonchev–Trinajstić information content (AvgIpc) is 2.95. The van der Waals surface area contributed by atoms with Crippen molar-refractivity contribution in [3.8, 4) is 0 Å². The van der Waals surface area contributed by atoms with Crippen LogP contribution < -0.4 is 5.32 Å². The number of hydrogen-bond donors (Lipinski definition) is 1. The highest BCUT2D eigenvalue weighted by Crippen LogP contribution is 2.29. The quantitative estimate of drug-likeness (QED) is 0.527. The fraction of sp³-hybridized carbons (Fsp3) is 0.125. The Morgan fingerprint density at radius 3 is 2.64 bits per heavy atom. The summed E-state index contributed by atoms with van der Waals surface area (Å²) in [5.41, 5.74) is 0.736. The van der Waals surface area contributed by atoms with E-state index < -0.39 is 27.3 Å². The van der Waals surface area contributed by atoms with Crippen molar-refractivity contribution in [1.82, 2.24) is 4.98 Å². The first-order valence-electron chi connectivity index (χ1n) is 7.10. The number of anilines is 1. The third-order valence-electron chi connectivity index (χ3n) is 3.34. The van der Waals surface area contributed by atoms with Crippen LogP contribution in [0.15, 0.2) is 52.3 Å². The highest BCUT2D eigenvalue weighted by atomic mass is 32.2. The number of rotatable bonds is 5. The number of thioether (sulfide) groups is 1. The zero-order chi connectivity index (χ0) is 18.0. The van der Waals surface area contributed by atoms with Gasteiger partial charge in [0, 0.05) is 4.90 Å². The second kappa shape index (κ2) is 7.11. The molecular formula is C16H13FN2O3S3. The van der Waals surface area contributed by atoms with Crippen molar-refractivity contribution in [2.45, 2.75) is 9.79 Å². The van der Waals surface area contributed by atoms with Gasteiger partial charge in [-0.3, -0.25) is 4.79 Å². The van der Waals surface area contributed by atoms with E-state index in [4.69, 9.17) is 0 Å². The Morgan fingerprint density at radius 1 is 1.24 bits per heavy atom. The molecule has 0 aliphatic heterocycles. The van der Waals surface area contributed by atoms with E-state index in [1.54, 1.807) is 11.8 Å². The van der Waals surface area contributed by atoms with Crippen LogP contribution in [0.1, 0.15) is 0 Å². The van der Waals surface area contributed by atoms with Crippen LogP contribution in [0.25, 0.3) is 10.2 Å². The molecule has 130 valence electrons. The molecule has 3 aromatic rings. The second-order valence-electron chi connectivity index (χ2n) is 5.11. The molecule has 0 saturated carbocycles. The van der Waals surface area contributed by atoms with Gasteiger partial charge in [0.1, 0.15) is 11.6 Å². The van der Waals surface area contributed by atoms with E-state index in [1.165, 1.54) is 11.3 Å². The number of carbonyl (C=O) groups excluding carboxylic acids is 1. The van der Waals surface area contributed by atoms with Crippen LogP contribution >= 0.6 is 23.1 Å². The summed E-state index contributed by atoms with van der Waals surface area (Å²) in [7, 11) is -3.84. The van der Waals surface area contributed by atoms with Crippen LogP contribution in [0.2, 0.25) is 0 Å². The number of amides is 1. The number of thiazole rings is 1. The topological polar surface area (TPSA) is 76.1 Å². The maximum absolute atomic E-state index is 12.9. The molecule has 0 bridgehead atoms. The minimum absolute atomic E-state index is 0.0991. The van der Waals surface area contributed by atoms with Gasteiger partial charge >= 0.3 is 0 Å². The third-order valence-corrected chi connectivity index (χ3v) is 6.63. The number of halogens is 1. The monoisotopic (exact) mass is 396 g/mol. The molecular weight excluding hydrogens is 383 g/mol. The van der Waals surface area contributed by atoms with Crippen LogP contribution in [0.4, 0.5) is 9.52 Å². The number of benzene rings is 2. The van der Waals surface area contributed by atoms with Gasteiger partial charge in [-0.1, -0.05) is 11.3 Å². The zero-order valence-corrected chi connectivity index (χ0v) is 15.5. The number of nitrogens with zero attached hydrogens (tertiary/aromatic N) is 1. The summed E-state index contributed by atoms with van der Waals surface area (Å²) >= 11 is 2.88. The van der Waals surface area contributed by atoms with Crippen molar-refractivity contribution < 1.29 is 17.6 Å². The minimum atomic E-state index is -3.84. The van der Waals surface area contributed by atoms with Gasteiger partial charge in [-0.2, -0.15) is 0 Å². The summed E-state index contributed by atoms with van der Waals surface area (Å²) in [5.74, 6) is -1.96. The van der Waals surface area contributed by atoms with Gasteiger partial charge in [-0.05, 0) is 48.7 Å². The van der Waals surface area contributed by atoms with E-state index >= 15 is 0 Å². The SMILES string of the molecule is CSc1ccc2nc(NC(=O)CS(=O)(=O)c3ccc(F)cc3)sc2c1. The predicted molar refractivity (Wildman–Crippen MR) is 98.5 cm³/mol. The molecule has 0 unspecified atom stereocenters. The van der Waals surface area contributed by atoms with E-state index in [1.807, 2.05) is 24.5 Å². The number of aromatic nitrogens is 1. The molecule has 2 aromatic carbocycles. The molecule has 25 heavy (non-hydrogen) atoms. The summed E-state index contributed by atoms with van der Waals surface area (Å²) in [6, 6.07) is 10.1. The highest BCUT2D eigenvalue weighted by Gasteiger charge is 2.20. The van der Waals surface area contributed by atoms with Gasteiger partial charge < -0.3 is 5.32 Å². The van der Waals surface area contributed by atoms with Gasteiger partial charge in [-0.15, -0.1) is 11.8 Å². The van der Waals surface area contributed by atoms with E-state index in [0.717, 1.165) is 39.4 Å². The smallest absolute Gasteiger partial charge is 0.241 e. The largest absolute Gasteiger partial charge is 0.301 e. The van der Waals surface area contributed by atoms with Gasteiger partial charge in [0.15, 0.2) is 15.0 Å². The molecule has 5 nitrogen and oxygen atoms in total. The Kier molecular flexibility index (Phi) is 5.07. The Balaban J connectivity index is 1.74. The summed E-state index contributed by atoms with van der Waals surface area (Å²) in [6.45, 7) is 0. The van der Waals surface area contributed by atoms with Crippen molar-refractivity contribution in [2.24, 2.45) is 0 Å². The van der Waals surface area contributed by atoms with Gasteiger partial charge in [0.05, 0.1) is 15.1 Å². The molecule has 1 heterocycles. The van der Waals surface area contributed by atoms with Crippen molar-refractivity contribution in [3.63, 3.8) is 0 Å². The molecule has 3 rings (SSSR count). The van der Waals surface area contributed by atoms with Gasteiger partial charge in [0.25, 0.3) is 0 Å². The Labute approximate surface area is 152 Å². The van der Waals surface area contributed by atoms with Crippen molar-refractivity contribution in [3.05, 3.63) is 48.3 Å². The maximum atomic E-state index is 12.9. The molecule has 0 atom stereocenters.